The molecule has 1 aliphatic rings. The van der Waals surface area contributed by atoms with Crippen molar-refractivity contribution in [3.63, 3.8) is 0 Å². The van der Waals surface area contributed by atoms with Gasteiger partial charge in [-0.05, 0) is 31.0 Å². The molecule has 16 heavy (non-hydrogen) atoms. The Balaban J connectivity index is 2.19. The summed E-state index contributed by atoms with van der Waals surface area (Å²) in [5, 5.41) is 4.40. The Morgan fingerprint density at radius 2 is 2.25 bits per heavy atom. The molecule has 2 nitrogen and oxygen atoms in total. The molecule has 0 aliphatic carbocycles. The van der Waals surface area contributed by atoms with Crippen molar-refractivity contribution in [1.82, 2.24) is 5.32 Å². The highest BCUT2D eigenvalue weighted by Crippen LogP contribution is 2.33. The van der Waals surface area contributed by atoms with Crippen molar-refractivity contribution >= 4 is 11.6 Å². The molecule has 0 radical (unpaired) electrons. The number of piperidine rings is 1. The standard InChI is InChI=1S/C13H18ClNO/c1-16-9-10-5-4-8-15-13(10)11-6-2-3-7-12(11)14/h2-3,6-7,10,13,15H,4-5,8-9H2,1H3. The van der Waals surface area contributed by atoms with Gasteiger partial charge in [0.05, 0.1) is 6.61 Å². The summed E-state index contributed by atoms with van der Waals surface area (Å²) in [5.74, 6) is 0.527. The first-order chi connectivity index (χ1) is 7.83. The van der Waals surface area contributed by atoms with Crippen LogP contribution in [0.15, 0.2) is 24.3 Å². The maximum Gasteiger partial charge on any atom is 0.0508 e. The average molecular weight is 240 g/mol. The number of methoxy groups -OCH3 is 1. The molecule has 1 fully saturated rings. The Labute approximate surface area is 102 Å². The second kappa shape index (κ2) is 5.67. The number of hydrogen-bond acceptors (Lipinski definition) is 2. The number of rotatable bonds is 3. The zero-order chi connectivity index (χ0) is 11.4. The highest BCUT2D eigenvalue weighted by Gasteiger charge is 2.27. The third kappa shape index (κ3) is 2.57. The van der Waals surface area contributed by atoms with Gasteiger partial charge in [-0.2, -0.15) is 0 Å². The van der Waals surface area contributed by atoms with E-state index in [0.717, 1.165) is 18.2 Å². The van der Waals surface area contributed by atoms with Crippen LogP contribution in [0.4, 0.5) is 0 Å². The van der Waals surface area contributed by atoms with Crippen LogP contribution in [-0.2, 0) is 4.74 Å². The van der Waals surface area contributed by atoms with Gasteiger partial charge < -0.3 is 10.1 Å². The highest BCUT2D eigenvalue weighted by atomic mass is 35.5. The van der Waals surface area contributed by atoms with Crippen molar-refractivity contribution < 1.29 is 4.74 Å². The van der Waals surface area contributed by atoms with Gasteiger partial charge in [0.2, 0.25) is 0 Å². The monoisotopic (exact) mass is 239 g/mol. The Kier molecular flexibility index (Phi) is 4.22. The SMILES string of the molecule is COCC1CCCNC1c1ccccc1Cl. The topological polar surface area (TPSA) is 21.3 Å². The molecule has 0 amide bonds. The van der Waals surface area contributed by atoms with Crippen molar-refractivity contribution in [3.05, 3.63) is 34.9 Å². The van der Waals surface area contributed by atoms with Crippen LogP contribution in [0, 0.1) is 5.92 Å². The first-order valence-corrected chi connectivity index (χ1v) is 6.17. The fourth-order valence-corrected chi connectivity index (χ4v) is 2.69. The highest BCUT2D eigenvalue weighted by molar-refractivity contribution is 6.31. The fraction of sp³-hybridized carbons (Fsp3) is 0.538. The Bertz CT molecular complexity index is 340. The van der Waals surface area contributed by atoms with E-state index in [4.69, 9.17) is 16.3 Å². The van der Waals surface area contributed by atoms with Crippen LogP contribution >= 0.6 is 11.6 Å². The minimum absolute atomic E-state index is 0.336. The van der Waals surface area contributed by atoms with Gasteiger partial charge in [-0.25, -0.2) is 0 Å². The second-order valence-corrected chi connectivity index (χ2v) is 4.72. The number of hydrogen-bond donors (Lipinski definition) is 1. The normalized spacial score (nSPS) is 25.6. The van der Waals surface area contributed by atoms with E-state index >= 15 is 0 Å². The second-order valence-electron chi connectivity index (χ2n) is 4.31. The molecule has 3 heteroatoms. The lowest BCUT2D eigenvalue weighted by Crippen LogP contribution is -2.36. The molecule has 0 aromatic heterocycles. The van der Waals surface area contributed by atoms with Crippen molar-refractivity contribution in [2.75, 3.05) is 20.3 Å². The van der Waals surface area contributed by atoms with Gasteiger partial charge >= 0.3 is 0 Å². The van der Waals surface area contributed by atoms with E-state index in [9.17, 15) is 0 Å². The molecule has 0 saturated carbocycles. The van der Waals surface area contributed by atoms with Crippen molar-refractivity contribution in [3.8, 4) is 0 Å². The number of benzene rings is 1. The minimum atomic E-state index is 0.336. The summed E-state index contributed by atoms with van der Waals surface area (Å²) in [6.45, 7) is 1.86. The molecule has 1 heterocycles. The van der Waals surface area contributed by atoms with Gasteiger partial charge in [-0.3, -0.25) is 0 Å². The van der Waals surface area contributed by atoms with Gasteiger partial charge in [-0.15, -0.1) is 0 Å². The lowest BCUT2D eigenvalue weighted by Gasteiger charge is -2.33. The Morgan fingerprint density at radius 3 is 3.00 bits per heavy atom. The van der Waals surface area contributed by atoms with Gasteiger partial charge in [0, 0.05) is 24.1 Å². The lowest BCUT2D eigenvalue weighted by atomic mass is 9.87. The molecule has 2 rings (SSSR count). The lowest BCUT2D eigenvalue weighted by molar-refractivity contribution is 0.112. The molecule has 88 valence electrons. The minimum Gasteiger partial charge on any atom is -0.384 e. The molecule has 1 aromatic rings. The van der Waals surface area contributed by atoms with Gasteiger partial charge in [0.15, 0.2) is 0 Å². The molecule has 1 aliphatic heterocycles. The summed E-state index contributed by atoms with van der Waals surface area (Å²) in [5.41, 5.74) is 1.20. The quantitative estimate of drug-likeness (QED) is 0.876. The van der Waals surface area contributed by atoms with Crippen molar-refractivity contribution in [2.24, 2.45) is 5.92 Å². The number of halogens is 1. The summed E-state index contributed by atoms with van der Waals surface area (Å²) in [7, 11) is 1.76. The maximum absolute atomic E-state index is 6.24. The van der Waals surface area contributed by atoms with Gasteiger partial charge in [0.25, 0.3) is 0 Å². The summed E-state index contributed by atoms with van der Waals surface area (Å²) in [6, 6.07) is 8.41. The van der Waals surface area contributed by atoms with E-state index < -0.39 is 0 Å². The van der Waals surface area contributed by atoms with Crippen LogP contribution in [0.2, 0.25) is 5.02 Å². The van der Waals surface area contributed by atoms with E-state index in [-0.39, 0.29) is 0 Å². The smallest absolute Gasteiger partial charge is 0.0508 e. The van der Waals surface area contributed by atoms with Crippen molar-refractivity contribution in [1.29, 1.82) is 0 Å². The molecule has 2 unspecified atom stereocenters. The average Bonchev–Trinajstić information content (AvgIpc) is 2.31. The van der Waals surface area contributed by atoms with Crippen molar-refractivity contribution in [2.45, 2.75) is 18.9 Å². The molecule has 1 saturated heterocycles. The van der Waals surface area contributed by atoms with Crippen LogP contribution in [0.25, 0.3) is 0 Å². The molecule has 2 atom stereocenters. The van der Waals surface area contributed by atoms with Gasteiger partial charge in [0.1, 0.15) is 0 Å². The van der Waals surface area contributed by atoms with Crippen LogP contribution in [0.3, 0.4) is 0 Å². The predicted octanol–water partition coefficient (Wildman–Crippen LogP) is 3.03. The molecule has 0 spiro atoms. The van der Waals surface area contributed by atoms with Crippen LogP contribution in [-0.4, -0.2) is 20.3 Å². The first-order valence-electron chi connectivity index (χ1n) is 5.79. The van der Waals surface area contributed by atoms with E-state index in [0.29, 0.717) is 12.0 Å². The zero-order valence-electron chi connectivity index (χ0n) is 9.58. The molecule has 1 N–H and O–H groups in total. The number of nitrogens with one attached hydrogen (secondary N) is 1. The molecular formula is C13H18ClNO. The predicted molar refractivity (Wildman–Crippen MR) is 66.8 cm³/mol. The summed E-state index contributed by atoms with van der Waals surface area (Å²) in [6.07, 6.45) is 2.42. The largest absolute Gasteiger partial charge is 0.384 e. The van der Waals surface area contributed by atoms with E-state index in [1.54, 1.807) is 7.11 Å². The zero-order valence-corrected chi connectivity index (χ0v) is 10.3. The van der Waals surface area contributed by atoms with Crippen LogP contribution in [0.5, 0.6) is 0 Å². The third-order valence-corrected chi connectivity index (χ3v) is 3.55. The summed E-state index contributed by atoms with van der Waals surface area (Å²) >= 11 is 6.24. The first kappa shape index (κ1) is 11.9. The van der Waals surface area contributed by atoms with E-state index in [1.807, 2.05) is 18.2 Å². The third-order valence-electron chi connectivity index (χ3n) is 3.21. The van der Waals surface area contributed by atoms with E-state index in [1.165, 1.54) is 18.4 Å². The molecule has 0 bridgehead atoms. The fourth-order valence-electron chi connectivity index (χ4n) is 2.44. The Hall–Kier alpha value is -0.570. The van der Waals surface area contributed by atoms with E-state index in [2.05, 4.69) is 11.4 Å². The molecular weight excluding hydrogens is 222 g/mol. The summed E-state index contributed by atoms with van der Waals surface area (Å²) < 4.78 is 5.29. The maximum atomic E-state index is 6.24. The molecule has 1 aromatic carbocycles. The Morgan fingerprint density at radius 1 is 1.44 bits per heavy atom. The number of ether oxygens (including phenoxy) is 1. The summed E-state index contributed by atoms with van der Waals surface area (Å²) in [4.78, 5) is 0. The van der Waals surface area contributed by atoms with Crippen LogP contribution < -0.4 is 5.32 Å². The van der Waals surface area contributed by atoms with Gasteiger partial charge in [-0.1, -0.05) is 29.8 Å². The van der Waals surface area contributed by atoms with Crippen LogP contribution in [0.1, 0.15) is 24.4 Å².